The van der Waals surface area contributed by atoms with Gasteiger partial charge >= 0.3 is 6.18 Å². The monoisotopic (exact) mass is 301 g/mol. The summed E-state index contributed by atoms with van der Waals surface area (Å²) < 4.78 is 39.6. The topological polar surface area (TPSA) is 32.5 Å². The molecule has 1 saturated heterocycles. The first kappa shape index (κ1) is 16.1. The minimum absolute atomic E-state index is 0.147. The highest BCUT2D eigenvalue weighted by Gasteiger charge is 2.36. The Morgan fingerprint density at radius 2 is 1.81 bits per heavy atom. The van der Waals surface area contributed by atoms with Crippen molar-refractivity contribution in [2.45, 2.75) is 26.1 Å². The van der Waals surface area contributed by atoms with Crippen LogP contribution in [0.2, 0.25) is 0 Å². The summed E-state index contributed by atoms with van der Waals surface area (Å²) in [6, 6.07) is 3.83. The fraction of sp³-hybridized carbons (Fsp3) is 0.600. The van der Waals surface area contributed by atoms with Crippen LogP contribution in [0.25, 0.3) is 0 Å². The van der Waals surface area contributed by atoms with Crippen LogP contribution in [0, 0.1) is 0 Å². The molecule has 0 spiro atoms. The highest BCUT2D eigenvalue weighted by Crippen LogP contribution is 2.37. The SMILES string of the molecule is CCN1CCN(C(C)c2ccc(N)cc2C(F)(F)F)CC1. The average Bonchev–Trinajstić information content (AvgIpc) is 2.45. The number of likely N-dealkylation sites (N-methyl/N-ethyl adjacent to an activating group) is 1. The van der Waals surface area contributed by atoms with Crippen LogP contribution in [0.4, 0.5) is 18.9 Å². The zero-order chi connectivity index (χ0) is 15.6. The number of benzene rings is 1. The molecule has 1 aliphatic rings. The van der Waals surface area contributed by atoms with Gasteiger partial charge in [0, 0.05) is 37.9 Å². The maximum absolute atomic E-state index is 13.2. The van der Waals surface area contributed by atoms with Gasteiger partial charge in [0.2, 0.25) is 0 Å². The number of nitrogen functional groups attached to an aromatic ring is 1. The molecule has 1 fully saturated rings. The third-order valence-electron chi connectivity index (χ3n) is 4.23. The minimum Gasteiger partial charge on any atom is -0.399 e. The molecule has 118 valence electrons. The van der Waals surface area contributed by atoms with E-state index in [1.54, 1.807) is 6.07 Å². The first-order valence-electron chi connectivity index (χ1n) is 7.26. The zero-order valence-corrected chi connectivity index (χ0v) is 12.5. The molecule has 1 aromatic rings. The smallest absolute Gasteiger partial charge is 0.399 e. The van der Waals surface area contributed by atoms with Crippen molar-refractivity contribution >= 4 is 5.69 Å². The van der Waals surface area contributed by atoms with E-state index in [4.69, 9.17) is 5.73 Å². The van der Waals surface area contributed by atoms with Crippen LogP contribution in [-0.4, -0.2) is 42.5 Å². The van der Waals surface area contributed by atoms with Crippen molar-refractivity contribution in [3.8, 4) is 0 Å². The second-order valence-electron chi connectivity index (χ2n) is 5.49. The van der Waals surface area contributed by atoms with E-state index in [0.29, 0.717) is 5.56 Å². The summed E-state index contributed by atoms with van der Waals surface area (Å²) in [5, 5.41) is 0. The Bertz CT molecular complexity index is 480. The number of rotatable bonds is 3. The number of piperazine rings is 1. The molecule has 1 atom stereocenters. The van der Waals surface area contributed by atoms with Crippen molar-refractivity contribution in [3.05, 3.63) is 29.3 Å². The molecule has 0 aliphatic carbocycles. The van der Waals surface area contributed by atoms with Crippen molar-refractivity contribution in [1.29, 1.82) is 0 Å². The third-order valence-corrected chi connectivity index (χ3v) is 4.23. The summed E-state index contributed by atoms with van der Waals surface area (Å²) in [6.07, 6.45) is -4.37. The van der Waals surface area contributed by atoms with Crippen LogP contribution in [-0.2, 0) is 6.18 Å². The minimum atomic E-state index is -4.37. The van der Waals surface area contributed by atoms with Gasteiger partial charge in [0.05, 0.1) is 5.56 Å². The maximum Gasteiger partial charge on any atom is 0.416 e. The van der Waals surface area contributed by atoms with Crippen molar-refractivity contribution < 1.29 is 13.2 Å². The van der Waals surface area contributed by atoms with Gasteiger partial charge in [-0.1, -0.05) is 13.0 Å². The molecule has 0 amide bonds. The predicted molar refractivity (Wildman–Crippen MR) is 78.0 cm³/mol. The first-order chi connectivity index (χ1) is 9.82. The van der Waals surface area contributed by atoms with Gasteiger partial charge in [0.15, 0.2) is 0 Å². The average molecular weight is 301 g/mol. The van der Waals surface area contributed by atoms with Gasteiger partial charge in [-0.15, -0.1) is 0 Å². The number of hydrogen-bond acceptors (Lipinski definition) is 3. The Hall–Kier alpha value is -1.27. The molecule has 1 unspecified atom stereocenters. The van der Waals surface area contributed by atoms with Crippen LogP contribution >= 0.6 is 0 Å². The molecular weight excluding hydrogens is 279 g/mol. The van der Waals surface area contributed by atoms with Gasteiger partial charge < -0.3 is 10.6 Å². The molecule has 0 radical (unpaired) electrons. The third kappa shape index (κ3) is 3.68. The number of hydrogen-bond donors (Lipinski definition) is 1. The van der Waals surface area contributed by atoms with Gasteiger partial charge in [-0.2, -0.15) is 13.2 Å². The Morgan fingerprint density at radius 3 is 2.33 bits per heavy atom. The van der Waals surface area contributed by atoms with Crippen LogP contribution < -0.4 is 5.73 Å². The quantitative estimate of drug-likeness (QED) is 0.871. The normalized spacial score (nSPS) is 19.7. The van der Waals surface area contributed by atoms with E-state index in [1.807, 2.05) is 6.92 Å². The summed E-state index contributed by atoms with van der Waals surface area (Å²) in [6.45, 7) is 8.29. The van der Waals surface area contributed by atoms with E-state index >= 15 is 0 Å². The fourth-order valence-electron chi connectivity index (χ4n) is 2.85. The molecule has 0 bridgehead atoms. The van der Waals surface area contributed by atoms with E-state index in [2.05, 4.69) is 16.7 Å². The van der Waals surface area contributed by atoms with E-state index in [9.17, 15) is 13.2 Å². The number of alkyl halides is 3. The Balaban J connectivity index is 2.21. The summed E-state index contributed by atoms with van der Waals surface area (Å²) in [5.74, 6) is 0. The number of halogens is 3. The Labute approximate surface area is 123 Å². The zero-order valence-electron chi connectivity index (χ0n) is 12.5. The van der Waals surface area contributed by atoms with Crippen LogP contribution in [0.1, 0.15) is 31.0 Å². The van der Waals surface area contributed by atoms with Crippen molar-refractivity contribution in [2.24, 2.45) is 0 Å². The molecule has 0 aromatic heterocycles. The number of nitrogens with zero attached hydrogens (tertiary/aromatic N) is 2. The largest absolute Gasteiger partial charge is 0.416 e. The first-order valence-corrected chi connectivity index (χ1v) is 7.26. The summed E-state index contributed by atoms with van der Waals surface area (Å²) >= 11 is 0. The lowest BCUT2D eigenvalue weighted by Gasteiger charge is -2.38. The Kier molecular flexibility index (Phi) is 4.78. The lowest BCUT2D eigenvalue weighted by Crippen LogP contribution is -2.47. The molecule has 21 heavy (non-hydrogen) atoms. The predicted octanol–water partition coefficient (Wildman–Crippen LogP) is 2.99. The lowest BCUT2D eigenvalue weighted by atomic mass is 9.98. The number of nitrogens with two attached hydrogens (primary N) is 1. The van der Waals surface area contributed by atoms with Crippen LogP contribution in [0.3, 0.4) is 0 Å². The number of anilines is 1. The molecule has 6 heteroatoms. The van der Waals surface area contributed by atoms with Gasteiger partial charge in [-0.25, -0.2) is 0 Å². The summed E-state index contributed by atoms with van der Waals surface area (Å²) in [5.41, 5.74) is 5.36. The molecule has 0 saturated carbocycles. The van der Waals surface area contributed by atoms with Crippen molar-refractivity contribution in [2.75, 3.05) is 38.5 Å². The standard InChI is InChI=1S/C15H22F3N3/c1-3-20-6-8-21(9-7-20)11(2)13-5-4-12(19)10-14(13)15(16,17)18/h4-5,10-11H,3,6-9,19H2,1-2H3. The van der Waals surface area contributed by atoms with Crippen LogP contribution in [0.5, 0.6) is 0 Å². The van der Waals surface area contributed by atoms with E-state index in [0.717, 1.165) is 38.8 Å². The van der Waals surface area contributed by atoms with Gasteiger partial charge in [-0.3, -0.25) is 4.90 Å². The van der Waals surface area contributed by atoms with E-state index in [-0.39, 0.29) is 11.7 Å². The molecule has 1 aliphatic heterocycles. The molecule has 1 heterocycles. The second kappa shape index (κ2) is 6.23. The Morgan fingerprint density at radius 1 is 1.19 bits per heavy atom. The van der Waals surface area contributed by atoms with Crippen LogP contribution in [0.15, 0.2) is 18.2 Å². The summed E-state index contributed by atoms with van der Waals surface area (Å²) in [4.78, 5) is 4.41. The second-order valence-corrected chi connectivity index (χ2v) is 5.49. The highest BCUT2D eigenvalue weighted by molar-refractivity contribution is 5.47. The fourth-order valence-corrected chi connectivity index (χ4v) is 2.85. The van der Waals surface area contributed by atoms with E-state index < -0.39 is 11.7 Å². The van der Waals surface area contributed by atoms with Gasteiger partial charge in [0.25, 0.3) is 0 Å². The molecule has 2 rings (SSSR count). The molecular formula is C15H22F3N3. The highest BCUT2D eigenvalue weighted by atomic mass is 19.4. The van der Waals surface area contributed by atoms with Gasteiger partial charge in [0.1, 0.15) is 0 Å². The van der Waals surface area contributed by atoms with Crippen molar-refractivity contribution in [1.82, 2.24) is 9.80 Å². The molecule has 1 aromatic carbocycles. The summed E-state index contributed by atoms with van der Waals surface area (Å²) in [7, 11) is 0. The maximum atomic E-state index is 13.2. The molecule has 2 N–H and O–H groups in total. The lowest BCUT2D eigenvalue weighted by molar-refractivity contribution is -0.138. The van der Waals surface area contributed by atoms with Gasteiger partial charge in [-0.05, 0) is 31.2 Å². The van der Waals surface area contributed by atoms with E-state index in [1.165, 1.54) is 6.07 Å². The molecule has 3 nitrogen and oxygen atoms in total. The van der Waals surface area contributed by atoms with Crippen molar-refractivity contribution in [3.63, 3.8) is 0 Å².